The molecule has 3 N–H and O–H groups in total. The fourth-order valence-electron chi connectivity index (χ4n) is 3.75. The van der Waals surface area contributed by atoms with E-state index in [0.717, 1.165) is 6.07 Å². The first kappa shape index (κ1) is 21.7. The van der Waals surface area contributed by atoms with E-state index in [1.807, 2.05) is 0 Å². The van der Waals surface area contributed by atoms with Crippen LogP contribution in [0.25, 0.3) is 33.5 Å². The first-order chi connectivity index (χ1) is 15.9. The second kappa shape index (κ2) is 8.68. The Morgan fingerprint density at radius 2 is 1.85 bits per heavy atom. The molecule has 0 spiro atoms. The molecule has 5 rings (SSSR count). The average Bonchev–Trinajstić information content (AvgIpc) is 3.35. The maximum absolute atomic E-state index is 14.1. The zero-order valence-electron chi connectivity index (χ0n) is 17.0. The van der Waals surface area contributed by atoms with Gasteiger partial charge in [-0.3, -0.25) is 0 Å². The van der Waals surface area contributed by atoms with Gasteiger partial charge < -0.3 is 24.7 Å². The summed E-state index contributed by atoms with van der Waals surface area (Å²) in [4.78, 5) is 11.8. The first-order valence-electron chi connectivity index (χ1n) is 10.1. The maximum Gasteiger partial charge on any atom is 0.296 e. The Labute approximate surface area is 191 Å². The van der Waals surface area contributed by atoms with Gasteiger partial charge in [0.15, 0.2) is 11.8 Å². The number of H-pyrrole nitrogens is 1. The molecule has 0 unspecified atom stereocenters. The first-order valence-corrected chi connectivity index (χ1v) is 10.5. The van der Waals surface area contributed by atoms with Crippen LogP contribution in [0.3, 0.4) is 0 Å². The second-order valence-corrected chi connectivity index (χ2v) is 8.04. The monoisotopic (exact) mass is 473 g/mol. The normalized spacial score (nSPS) is 20.5. The van der Waals surface area contributed by atoms with Crippen LogP contribution in [-0.4, -0.2) is 56.7 Å². The van der Waals surface area contributed by atoms with Crippen molar-refractivity contribution in [3.05, 3.63) is 65.2 Å². The summed E-state index contributed by atoms with van der Waals surface area (Å²) in [6.07, 6.45) is -2.37. The van der Waals surface area contributed by atoms with Crippen molar-refractivity contribution in [2.45, 2.75) is 18.3 Å². The van der Waals surface area contributed by atoms with Gasteiger partial charge in [0.05, 0.1) is 29.4 Å². The quantitative estimate of drug-likeness (QED) is 0.408. The van der Waals surface area contributed by atoms with Gasteiger partial charge in [-0.15, -0.1) is 0 Å². The van der Waals surface area contributed by atoms with Crippen LogP contribution in [0.15, 0.2) is 48.5 Å². The molecule has 0 amide bonds. The molecule has 0 radical (unpaired) electrons. The zero-order chi connectivity index (χ0) is 23.1. The van der Waals surface area contributed by atoms with Gasteiger partial charge in [-0.25, -0.2) is 13.8 Å². The number of hydrogen-bond donors (Lipinski definition) is 3. The van der Waals surface area contributed by atoms with Crippen LogP contribution < -0.4 is 4.74 Å². The van der Waals surface area contributed by atoms with Crippen LogP contribution in [-0.2, 0) is 4.74 Å². The highest BCUT2D eigenvalue weighted by atomic mass is 35.5. The highest BCUT2D eigenvalue weighted by molar-refractivity contribution is 6.33. The summed E-state index contributed by atoms with van der Waals surface area (Å²) in [7, 11) is 0. The van der Waals surface area contributed by atoms with Crippen molar-refractivity contribution in [3.8, 4) is 28.4 Å². The predicted molar refractivity (Wildman–Crippen MR) is 117 cm³/mol. The average molecular weight is 474 g/mol. The molecule has 33 heavy (non-hydrogen) atoms. The number of hydrogen-bond acceptors (Lipinski definition) is 6. The predicted octanol–water partition coefficient (Wildman–Crippen LogP) is 3.72. The molecule has 3 heterocycles. The van der Waals surface area contributed by atoms with Crippen LogP contribution in [0.4, 0.5) is 8.78 Å². The van der Waals surface area contributed by atoms with Gasteiger partial charge >= 0.3 is 0 Å². The van der Waals surface area contributed by atoms with Crippen molar-refractivity contribution in [2.75, 3.05) is 13.2 Å². The van der Waals surface area contributed by atoms with E-state index in [2.05, 4.69) is 15.0 Å². The van der Waals surface area contributed by atoms with E-state index in [4.69, 9.17) is 21.1 Å². The number of aromatic amines is 1. The Hall–Kier alpha value is -3.11. The van der Waals surface area contributed by atoms with E-state index < -0.39 is 29.9 Å². The van der Waals surface area contributed by atoms with Gasteiger partial charge in [0.25, 0.3) is 6.01 Å². The topological polar surface area (TPSA) is 100 Å². The van der Waals surface area contributed by atoms with Crippen LogP contribution >= 0.6 is 11.6 Å². The number of aliphatic hydroxyl groups excluding tert-OH is 2. The van der Waals surface area contributed by atoms with Crippen molar-refractivity contribution < 1.29 is 28.5 Å². The van der Waals surface area contributed by atoms with Gasteiger partial charge in [-0.2, -0.15) is 4.98 Å². The Balaban J connectivity index is 1.41. The van der Waals surface area contributed by atoms with E-state index in [-0.39, 0.29) is 24.8 Å². The number of aliphatic hydroxyl groups is 2. The molecule has 3 atom stereocenters. The van der Waals surface area contributed by atoms with E-state index >= 15 is 0 Å². The van der Waals surface area contributed by atoms with E-state index in [9.17, 15) is 19.0 Å². The number of pyridine rings is 1. The number of benzene rings is 2. The van der Waals surface area contributed by atoms with Crippen LogP contribution in [0.1, 0.15) is 0 Å². The Morgan fingerprint density at radius 3 is 2.55 bits per heavy atom. The second-order valence-electron chi connectivity index (χ2n) is 7.63. The lowest BCUT2D eigenvalue weighted by Gasteiger charge is -2.15. The minimum Gasteiger partial charge on any atom is -0.456 e. The third-order valence-corrected chi connectivity index (χ3v) is 5.77. The molecule has 170 valence electrons. The van der Waals surface area contributed by atoms with Gasteiger partial charge in [0.1, 0.15) is 23.8 Å². The fraction of sp³-hybridized carbons (Fsp3) is 0.217. The number of imidazole rings is 1. The lowest BCUT2D eigenvalue weighted by Crippen LogP contribution is -2.36. The smallest absolute Gasteiger partial charge is 0.296 e. The van der Waals surface area contributed by atoms with E-state index in [1.54, 1.807) is 30.3 Å². The molecule has 0 saturated carbocycles. The molecule has 0 aliphatic carbocycles. The minimum atomic E-state index is -0.986. The number of fused-ring (bicyclic) bond motifs is 1. The third kappa shape index (κ3) is 4.16. The van der Waals surface area contributed by atoms with Gasteiger partial charge in [-0.1, -0.05) is 35.9 Å². The number of aromatic nitrogens is 3. The molecule has 0 bridgehead atoms. The zero-order valence-corrected chi connectivity index (χ0v) is 17.8. The number of rotatable bonds is 5. The van der Waals surface area contributed by atoms with Gasteiger partial charge in [0, 0.05) is 17.2 Å². The molecular weight excluding hydrogens is 456 g/mol. The summed E-state index contributed by atoms with van der Waals surface area (Å²) < 4.78 is 38.2. The standard InChI is InChI=1S/C23H18ClF2N3O4/c24-15-8-17-22(29-23(27-17)33-19-10-32-18(9-30)21(19)31)28-20(15)12-3-1-11(2-4-12)14-6-5-13(25)7-16(14)26/h1-8,18-19,21,30-31H,9-10H2,(H,27,28,29)/t18-,19-,21-/m1/s1. The third-order valence-electron chi connectivity index (χ3n) is 5.48. The number of ether oxygens (including phenoxy) is 2. The molecular formula is C23H18ClF2N3O4. The van der Waals surface area contributed by atoms with Crippen molar-refractivity contribution in [1.29, 1.82) is 0 Å². The van der Waals surface area contributed by atoms with Crippen LogP contribution in [0.2, 0.25) is 5.02 Å². The Bertz CT molecular complexity index is 1320. The summed E-state index contributed by atoms with van der Waals surface area (Å²) in [6, 6.07) is 12.1. The number of nitrogens with zero attached hydrogens (tertiary/aromatic N) is 2. The highest BCUT2D eigenvalue weighted by Crippen LogP contribution is 2.32. The highest BCUT2D eigenvalue weighted by Gasteiger charge is 2.37. The molecule has 2 aromatic carbocycles. The van der Waals surface area contributed by atoms with Gasteiger partial charge in [-0.05, 0) is 23.8 Å². The van der Waals surface area contributed by atoms with Crippen molar-refractivity contribution in [1.82, 2.24) is 15.0 Å². The molecule has 1 aliphatic heterocycles. The molecule has 2 aromatic heterocycles. The summed E-state index contributed by atoms with van der Waals surface area (Å²) >= 11 is 6.44. The molecule has 4 aromatic rings. The number of halogens is 3. The van der Waals surface area contributed by atoms with Crippen molar-refractivity contribution in [3.63, 3.8) is 0 Å². The molecule has 1 fully saturated rings. The summed E-state index contributed by atoms with van der Waals surface area (Å²) in [5.74, 6) is -1.28. The lowest BCUT2D eigenvalue weighted by atomic mass is 10.0. The molecule has 10 heteroatoms. The van der Waals surface area contributed by atoms with Crippen molar-refractivity contribution in [2.24, 2.45) is 0 Å². The lowest BCUT2D eigenvalue weighted by molar-refractivity contribution is -0.00390. The molecule has 1 aliphatic rings. The number of nitrogens with one attached hydrogen (secondary N) is 1. The maximum atomic E-state index is 14.1. The molecule has 1 saturated heterocycles. The van der Waals surface area contributed by atoms with E-state index in [1.165, 1.54) is 12.1 Å². The summed E-state index contributed by atoms with van der Waals surface area (Å²) in [5, 5.41) is 19.7. The summed E-state index contributed by atoms with van der Waals surface area (Å²) in [6.45, 7) is -0.196. The molecule has 7 nitrogen and oxygen atoms in total. The van der Waals surface area contributed by atoms with Crippen LogP contribution in [0.5, 0.6) is 6.01 Å². The van der Waals surface area contributed by atoms with E-state index in [0.29, 0.717) is 33.0 Å². The van der Waals surface area contributed by atoms with Crippen molar-refractivity contribution >= 4 is 22.8 Å². The van der Waals surface area contributed by atoms with Gasteiger partial charge in [0.2, 0.25) is 0 Å². The minimum absolute atomic E-state index is 0.115. The fourth-order valence-corrected chi connectivity index (χ4v) is 4.01. The Kier molecular flexibility index (Phi) is 5.71. The largest absolute Gasteiger partial charge is 0.456 e. The Morgan fingerprint density at radius 1 is 1.09 bits per heavy atom. The summed E-state index contributed by atoms with van der Waals surface area (Å²) in [5.41, 5.74) is 2.92. The SMILES string of the molecule is OC[C@H]1OC[C@@H](Oc2nc3nc(-c4ccc(-c5ccc(F)cc5F)cc4)c(Cl)cc3[nH]2)[C@@H]1O. The van der Waals surface area contributed by atoms with Crippen LogP contribution in [0, 0.1) is 11.6 Å².